The molecule has 2 aromatic rings. The van der Waals surface area contributed by atoms with Crippen molar-refractivity contribution < 1.29 is 8.78 Å². The SMILES string of the molecule is Fc1cc(F)cc(NCc2ccc(Br)cc2Cl)c1. The van der Waals surface area contributed by atoms with E-state index in [0.29, 0.717) is 17.3 Å². The standard InChI is InChI=1S/C13H9BrClF2N/c14-9-2-1-8(13(15)3-9)7-18-12-5-10(16)4-11(17)6-12/h1-6,18H,7H2. The summed E-state index contributed by atoms with van der Waals surface area (Å²) < 4.78 is 26.8. The van der Waals surface area contributed by atoms with Gasteiger partial charge in [-0.2, -0.15) is 0 Å². The lowest BCUT2D eigenvalue weighted by atomic mass is 10.2. The highest BCUT2D eigenvalue weighted by atomic mass is 79.9. The molecular formula is C13H9BrClF2N. The van der Waals surface area contributed by atoms with Crippen LogP contribution in [-0.4, -0.2) is 0 Å². The highest BCUT2D eigenvalue weighted by Gasteiger charge is 2.03. The summed E-state index contributed by atoms with van der Waals surface area (Å²) in [6, 6.07) is 8.76. The molecular weight excluding hydrogens is 324 g/mol. The van der Waals surface area contributed by atoms with Crippen molar-refractivity contribution >= 4 is 33.2 Å². The lowest BCUT2D eigenvalue weighted by molar-refractivity contribution is 0.584. The van der Waals surface area contributed by atoms with Crippen LogP contribution in [0.3, 0.4) is 0 Å². The minimum Gasteiger partial charge on any atom is -0.381 e. The fraction of sp³-hybridized carbons (Fsp3) is 0.0769. The molecule has 0 unspecified atom stereocenters. The van der Waals surface area contributed by atoms with Gasteiger partial charge in [0, 0.05) is 27.8 Å². The highest BCUT2D eigenvalue weighted by Crippen LogP contribution is 2.22. The van der Waals surface area contributed by atoms with Crippen LogP contribution in [0.5, 0.6) is 0 Å². The van der Waals surface area contributed by atoms with Gasteiger partial charge >= 0.3 is 0 Å². The number of anilines is 1. The van der Waals surface area contributed by atoms with Gasteiger partial charge in [0.15, 0.2) is 0 Å². The van der Waals surface area contributed by atoms with Crippen LogP contribution in [0.2, 0.25) is 5.02 Å². The molecule has 0 aromatic heterocycles. The minimum atomic E-state index is -0.612. The Morgan fingerprint density at radius 3 is 2.33 bits per heavy atom. The topological polar surface area (TPSA) is 12.0 Å². The second-order valence-electron chi connectivity index (χ2n) is 3.75. The molecule has 0 amide bonds. The Morgan fingerprint density at radius 1 is 1.06 bits per heavy atom. The quantitative estimate of drug-likeness (QED) is 0.834. The van der Waals surface area contributed by atoms with Crippen molar-refractivity contribution in [2.75, 3.05) is 5.32 Å². The van der Waals surface area contributed by atoms with Crippen LogP contribution in [0.1, 0.15) is 5.56 Å². The number of benzene rings is 2. The smallest absolute Gasteiger partial charge is 0.128 e. The first-order valence-electron chi connectivity index (χ1n) is 5.18. The third-order valence-electron chi connectivity index (χ3n) is 2.36. The van der Waals surface area contributed by atoms with E-state index < -0.39 is 11.6 Å². The van der Waals surface area contributed by atoms with Crippen molar-refractivity contribution in [3.63, 3.8) is 0 Å². The normalized spacial score (nSPS) is 10.4. The van der Waals surface area contributed by atoms with E-state index in [4.69, 9.17) is 11.6 Å². The van der Waals surface area contributed by atoms with Crippen LogP contribution in [-0.2, 0) is 6.54 Å². The number of hydrogen-bond donors (Lipinski definition) is 1. The van der Waals surface area contributed by atoms with Crippen molar-refractivity contribution in [2.45, 2.75) is 6.54 Å². The maximum Gasteiger partial charge on any atom is 0.128 e. The zero-order valence-corrected chi connectivity index (χ0v) is 11.5. The molecule has 0 aliphatic heterocycles. The van der Waals surface area contributed by atoms with Gasteiger partial charge in [0.05, 0.1) is 0 Å². The molecule has 2 rings (SSSR count). The summed E-state index contributed by atoms with van der Waals surface area (Å²) in [4.78, 5) is 0. The molecule has 0 heterocycles. The van der Waals surface area contributed by atoms with Crippen LogP contribution in [0.25, 0.3) is 0 Å². The van der Waals surface area contributed by atoms with Crippen LogP contribution >= 0.6 is 27.5 Å². The molecule has 0 bridgehead atoms. The van der Waals surface area contributed by atoms with Crippen LogP contribution < -0.4 is 5.32 Å². The monoisotopic (exact) mass is 331 g/mol. The van der Waals surface area contributed by atoms with Gasteiger partial charge in [-0.1, -0.05) is 33.6 Å². The largest absolute Gasteiger partial charge is 0.381 e. The molecule has 94 valence electrons. The van der Waals surface area contributed by atoms with E-state index in [2.05, 4.69) is 21.2 Å². The Balaban J connectivity index is 2.11. The molecule has 1 nitrogen and oxygen atoms in total. The second kappa shape index (κ2) is 5.67. The molecule has 0 radical (unpaired) electrons. The van der Waals surface area contributed by atoms with E-state index in [-0.39, 0.29) is 0 Å². The Labute approximate surface area is 117 Å². The van der Waals surface area contributed by atoms with E-state index in [1.54, 1.807) is 6.07 Å². The Kier molecular flexibility index (Phi) is 4.19. The van der Waals surface area contributed by atoms with E-state index in [1.807, 2.05) is 12.1 Å². The van der Waals surface area contributed by atoms with Gasteiger partial charge in [-0.15, -0.1) is 0 Å². The first kappa shape index (κ1) is 13.3. The average Bonchev–Trinajstić information content (AvgIpc) is 2.26. The van der Waals surface area contributed by atoms with E-state index in [0.717, 1.165) is 16.1 Å². The summed E-state index contributed by atoms with van der Waals surface area (Å²) >= 11 is 9.35. The number of rotatable bonds is 3. The maximum absolute atomic E-state index is 13.0. The molecule has 18 heavy (non-hydrogen) atoms. The van der Waals surface area contributed by atoms with Gasteiger partial charge in [-0.25, -0.2) is 8.78 Å². The van der Waals surface area contributed by atoms with Gasteiger partial charge in [0.25, 0.3) is 0 Å². The molecule has 0 saturated carbocycles. The summed E-state index contributed by atoms with van der Waals surface area (Å²) in [7, 11) is 0. The molecule has 0 fully saturated rings. The summed E-state index contributed by atoms with van der Waals surface area (Å²) in [5, 5.41) is 3.51. The van der Waals surface area contributed by atoms with Gasteiger partial charge < -0.3 is 5.32 Å². The minimum absolute atomic E-state index is 0.381. The molecule has 0 aliphatic rings. The molecule has 0 spiro atoms. The number of hydrogen-bond acceptors (Lipinski definition) is 1. The molecule has 0 aliphatic carbocycles. The Morgan fingerprint density at radius 2 is 1.72 bits per heavy atom. The maximum atomic E-state index is 13.0. The lowest BCUT2D eigenvalue weighted by Crippen LogP contribution is -2.01. The van der Waals surface area contributed by atoms with Gasteiger partial charge in [-0.3, -0.25) is 0 Å². The van der Waals surface area contributed by atoms with Crippen LogP contribution in [0.4, 0.5) is 14.5 Å². The zero-order chi connectivity index (χ0) is 13.1. The first-order chi connectivity index (χ1) is 8.54. The Bertz CT molecular complexity index is 555. The van der Waals surface area contributed by atoms with E-state index in [9.17, 15) is 8.78 Å². The molecule has 5 heteroatoms. The summed E-state index contributed by atoms with van der Waals surface area (Å²) in [6.07, 6.45) is 0. The second-order valence-corrected chi connectivity index (χ2v) is 5.07. The fourth-order valence-electron chi connectivity index (χ4n) is 1.52. The number of halogens is 4. The van der Waals surface area contributed by atoms with Crippen molar-refractivity contribution in [3.8, 4) is 0 Å². The molecule has 1 N–H and O–H groups in total. The third kappa shape index (κ3) is 3.43. The molecule has 2 aromatic carbocycles. The first-order valence-corrected chi connectivity index (χ1v) is 6.35. The predicted molar refractivity (Wildman–Crippen MR) is 72.8 cm³/mol. The summed E-state index contributed by atoms with van der Waals surface area (Å²) in [5.74, 6) is -1.22. The predicted octanol–water partition coefficient (Wildman–Crippen LogP) is 4.99. The van der Waals surface area contributed by atoms with Crippen LogP contribution in [0.15, 0.2) is 40.9 Å². The van der Waals surface area contributed by atoms with Crippen LogP contribution in [0, 0.1) is 11.6 Å². The molecule has 0 atom stereocenters. The third-order valence-corrected chi connectivity index (χ3v) is 3.21. The highest BCUT2D eigenvalue weighted by molar-refractivity contribution is 9.10. The van der Waals surface area contributed by atoms with Crippen molar-refractivity contribution in [1.82, 2.24) is 0 Å². The van der Waals surface area contributed by atoms with Crippen molar-refractivity contribution in [3.05, 3.63) is 63.1 Å². The van der Waals surface area contributed by atoms with Gasteiger partial charge in [0.2, 0.25) is 0 Å². The van der Waals surface area contributed by atoms with Crippen molar-refractivity contribution in [2.24, 2.45) is 0 Å². The summed E-state index contributed by atoms with van der Waals surface area (Å²) in [6.45, 7) is 0.398. The van der Waals surface area contributed by atoms with Gasteiger partial charge in [-0.05, 0) is 29.8 Å². The van der Waals surface area contributed by atoms with E-state index >= 15 is 0 Å². The lowest BCUT2D eigenvalue weighted by Gasteiger charge is -2.08. The van der Waals surface area contributed by atoms with Crippen molar-refractivity contribution in [1.29, 1.82) is 0 Å². The average molecular weight is 333 g/mol. The Hall–Kier alpha value is -1.13. The zero-order valence-electron chi connectivity index (χ0n) is 9.18. The summed E-state index contributed by atoms with van der Waals surface area (Å²) in [5.41, 5.74) is 1.23. The van der Waals surface area contributed by atoms with Gasteiger partial charge in [0.1, 0.15) is 11.6 Å². The fourth-order valence-corrected chi connectivity index (χ4v) is 2.26. The number of nitrogens with one attached hydrogen (secondary N) is 1. The van der Waals surface area contributed by atoms with E-state index in [1.165, 1.54) is 12.1 Å². The molecule has 0 saturated heterocycles.